The van der Waals surface area contributed by atoms with E-state index in [9.17, 15) is 0 Å². The fourth-order valence-corrected chi connectivity index (χ4v) is 3.36. The van der Waals surface area contributed by atoms with Gasteiger partial charge in [-0.1, -0.05) is 57.2 Å². The molecule has 1 aromatic carbocycles. The maximum atomic E-state index is 4.79. The Labute approximate surface area is 121 Å². The molecule has 104 valence electrons. The van der Waals surface area contributed by atoms with Crippen molar-refractivity contribution in [3.63, 3.8) is 0 Å². The SMILES string of the molecule is CCCc1ccccc1NC1=NC(CC(C)C)CS1. The summed E-state index contributed by atoms with van der Waals surface area (Å²) in [5, 5.41) is 4.60. The average molecular weight is 276 g/mol. The predicted octanol–water partition coefficient (Wildman–Crippen LogP) is 4.57. The number of hydrogen-bond acceptors (Lipinski definition) is 3. The van der Waals surface area contributed by atoms with E-state index in [1.165, 1.54) is 24.1 Å². The van der Waals surface area contributed by atoms with Crippen molar-refractivity contribution in [2.75, 3.05) is 11.1 Å². The van der Waals surface area contributed by atoms with E-state index < -0.39 is 0 Å². The van der Waals surface area contributed by atoms with Gasteiger partial charge >= 0.3 is 0 Å². The fraction of sp³-hybridized carbons (Fsp3) is 0.562. The van der Waals surface area contributed by atoms with Crippen molar-refractivity contribution < 1.29 is 0 Å². The van der Waals surface area contributed by atoms with E-state index in [1.54, 1.807) is 0 Å². The summed E-state index contributed by atoms with van der Waals surface area (Å²) in [6.07, 6.45) is 3.49. The summed E-state index contributed by atoms with van der Waals surface area (Å²) in [4.78, 5) is 4.79. The number of thioether (sulfide) groups is 1. The van der Waals surface area contributed by atoms with Crippen molar-refractivity contribution in [2.45, 2.75) is 46.1 Å². The molecule has 1 atom stereocenters. The molecular formula is C16H24N2S. The number of aliphatic imine (C=N–C) groups is 1. The van der Waals surface area contributed by atoms with Crippen LogP contribution in [0.3, 0.4) is 0 Å². The van der Waals surface area contributed by atoms with Gasteiger partial charge in [0.15, 0.2) is 5.17 Å². The number of aryl methyl sites for hydroxylation is 1. The molecule has 1 N–H and O–H groups in total. The normalized spacial score (nSPS) is 18.7. The van der Waals surface area contributed by atoms with Gasteiger partial charge < -0.3 is 5.32 Å². The second-order valence-corrected chi connectivity index (χ2v) is 6.57. The molecule has 2 rings (SSSR count). The predicted molar refractivity (Wildman–Crippen MR) is 87.2 cm³/mol. The van der Waals surface area contributed by atoms with Crippen LogP contribution in [-0.2, 0) is 6.42 Å². The Bertz CT molecular complexity index is 440. The monoisotopic (exact) mass is 276 g/mol. The molecule has 0 fully saturated rings. The summed E-state index contributed by atoms with van der Waals surface area (Å²) in [7, 11) is 0. The van der Waals surface area contributed by atoms with Gasteiger partial charge in [0.1, 0.15) is 0 Å². The second-order valence-electron chi connectivity index (χ2n) is 5.56. The largest absolute Gasteiger partial charge is 0.335 e. The molecule has 3 heteroatoms. The van der Waals surface area contributed by atoms with Crippen LogP contribution in [-0.4, -0.2) is 17.0 Å². The number of hydrogen-bond donors (Lipinski definition) is 1. The summed E-state index contributed by atoms with van der Waals surface area (Å²) >= 11 is 1.85. The van der Waals surface area contributed by atoms with Gasteiger partial charge in [-0.3, -0.25) is 4.99 Å². The molecule has 1 heterocycles. The molecule has 0 aliphatic carbocycles. The number of amidine groups is 1. The van der Waals surface area contributed by atoms with Crippen LogP contribution in [0.25, 0.3) is 0 Å². The van der Waals surface area contributed by atoms with Crippen LogP contribution in [0.5, 0.6) is 0 Å². The number of nitrogens with zero attached hydrogens (tertiary/aromatic N) is 1. The van der Waals surface area contributed by atoms with Crippen molar-refractivity contribution in [1.82, 2.24) is 0 Å². The quantitative estimate of drug-likeness (QED) is 0.852. The van der Waals surface area contributed by atoms with Gasteiger partial charge in [-0.05, 0) is 30.4 Å². The van der Waals surface area contributed by atoms with Crippen LogP contribution in [0.15, 0.2) is 29.3 Å². The minimum atomic E-state index is 0.492. The van der Waals surface area contributed by atoms with Crippen LogP contribution in [0.4, 0.5) is 5.69 Å². The molecule has 0 saturated carbocycles. The zero-order chi connectivity index (χ0) is 13.7. The molecule has 1 aromatic rings. The van der Waals surface area contributed by atoms with Gasteiger partial charge in [0.05, 0.1) is 6.04 Å². The van der Waals surface area contributed by atoms with Crippen LogP contribution >= 0.6 is 11.8 Å². The van der Waals surface area contributed by atoms with Crippen molar-refractivity contribution in [3.8, 4) is 0 Å². The van der Waals surface area contributed by atoms with Gasteiger partial charge in [-0.2, -0.15) is 0 Å². The summed E-state index contributed by atoms with van der Waals surface area (Å²) in [5.74, 6) is 1.84. The number of benzene rings is 1. The highest BCUT2D eigenvalue weighted by Crippen LogP contribution is 2.25. The first-order valence-corrected chi connectivity index (χ1v) is 8.23. The molecule has 1 aliphatic heterocycles. The third kappa shape index (κ3) is 4.27. The Kier molecular flexibility index (Phi) is 5.32. The number of nitrogens with one attached hydrogen (secondary N) is 1. The first-order valence-electron chi connectivity index (χ1n) is 7.24. The summed E-state index contributed by atoms with van der Waals surface area (Å²) in [5.41, 5.74) is 2.61. The molecule has 0 saturated heterocycles. The van der Waals surface area contributed by atoms with E-state index in [1.807, 2.05) is 11.8 Å². The van der Waals surface area contributed by atoms with Crippen LogP contribution in [0.2, 0.25) is 0 Å². The lowest BCUT2D eigenvalue weighted by Gasteiger charge is -2.10. The zero-order valence-corrected chi connectivity index (χ0v) is 13.0. The number of anilines is 1. The fourth-order valence-electron chi connectivity index (χ4n) is 2.39. The molecule has 2 nitrogen and oxygen atoms in total. The Morgan fingerprint density at radius 1 is 1.37 bits per heavy atom. The minimum absolute atomic E-state index is 0.492. The molecule has 1 unspecified atom stereocenters. The van der Waals surface area contributed by atoms with E-state index in [-0.39, 0.29) is 0 Å². The third-order valence-corrected chi connectivity index (χ3v) is 4.27. The Hall–Kier alpha value is -0.960. The highest BCUT2D eigenvalue weighted by molar-refractivity contribution is 8.14. The molecular weight excluding hydrogens is 252 g/mol. The number of para-hydroxylation sites is 1. The first kappa shape index (κ1) is 14.4. The lowest BCUT2D eigenvalue weighted by atomic mass is 10.1. The summed E-state index contributed by atoms with van der Waals surface area (Å²) in [6.45, 7) is 6.75. The highest BCUT2D eigenvalue weighted by Gasteiger charge is 2.19. The summed E-state index contributed by atoms with van der Waals surface area (Å²) < 4.78 is 0. The van der Waals surface area contributed by atoms with Crippen molar-refractivity contribution in [3.05, 3.63) is 29.8 Å². The van der Waals surface area contributed by atoms with Gasteiger partial charge in [0.2, 0.25) is 0 Å². The van der Waals surface area contributed by atoms with Gasteiger partial charge in [0.25, 0.3) is 0 Å². The highest BCUT2D eigenvalue weighted by atomic mass is 32.2. The topological polar surface area (TPSA) is 24.4 Å². The minimum Gasteiger partial charge on any atom is -0.335 e. The summed E-state index contributed by atoms with van der Waals surface area (Å²) in [6, 6.07) is 9.06. The second kappa shape index (κ2) is 6.99. The third-order valence-electron chi connectivity index (χ3n) is 3.23. The molecule has 0 radical (unpaired) electrons. The number of rotatable bonds is 5. The Balaban J connectivity index is 2.02. The van der Waals surface area contributed by atoms with E-state index in [0.29, 0.717) is 6.04 Å². The Morgan fingerprint density at radius 2 is 2.16 bits per heavy atom. The first-order chi connectivity index (χ1) is 9.19. The molecule has 0 aromatic heterocycles. The average Bonchev–Trinajstić information content (AvgIpc) is 2.78. The van der Waals surface area contributed by atoms with Crippen molar-refractivity contribution in [1.29, 1.82) is 0 Å². The van der Waals surface area contributed by atoms with E-state index in [0.717, 1.165) is 23.3 Å². The van der Waals surface area contributed by atoms with Crippen LogP contribution in [0, 0.1) is 5.92 Å². The standard InChI is InChI=1S/C16H24N2S/c1-4-7-13-8-5-6-9-15(13)18-16-17-14(11-19-16)10-12(2)3/h5-6,8-9,12,14H,4,7,10-11H2,1-3H3,(H,17,18). The molecule has 0 bridgehead atoms. The molecule has 0 amide bonds. The zero-order valence-electron chi connectivity index (χ0n) is 12.1. The molecule has 1 aliphatic rings. The lowest BCUT2D eigenvalue weighted by Crippen LogP contribution is -2.09. The smallest absolute Gasteiger partial charge is 0.161 e. The maximum absolute atomic E-state index is 4.79. The van der Waals surface area contributed by atoms with Crippen molar-refractivity contribution >= 4 is 22.6 Å². The van der Waals surface area contributed by atoms with E-state index >= 15 is 0 Å². The van der Waals surface area contributed by atoms with Crippen LogP contribution < -0.4 is 5.32 Å². The van der Waals surface area contributed by atoms with Gasteiger partial charge in [-0.15, -0.1) is 0 Å². The molecule has 0 spiro atoms. The Morgan fingerprint density at radius 3 is 2.89 bits per heavy atom. The van der Waals surface area contributed by atoms with E-state index in [2.05, 4.69) is 50.4 Å². The van der Waals surface area contributed by atoms with Gasteiger partial charge in [-0.25, -0.2) is 0 Å². The maximum Gasteiger partial charge on any atom is 0.161 e. The lowest BCUT2D eigenvalue weighted by molar-refractivity contribution is 0.529. The van der Waals surface area contributed by atoms with Crippen molar-refractivity contribution in [2.24, 2.45) is 10.9 Å². The van der Waals surface area contributed by atoms with E-state index in [4.69, 9.17) is 4.99 Å². The molecule has 19 heavy (non-hydrogen) atoms. The van der Waals surface area contributed by atoms with Crippen LogP contribution in [0.1, 0.15) is 39.2 Å². The van der Waals surface area contributed by atoms with Gasteiger partial charge in [0, 0.05) is 11.4 Å².